The van der Waals surface area contributed by atoms with Crippen molar-refractivity contribution >= 4 is 27.3 Å². The lowest BCUT2D eigenvalue weighted by Gasteiger charge is -2.35. The minimum Gasteiger partial charge on any atom is -0.368 e. The Morgan fingerprint density at radius 1 is 0.960 bits per heavy atom. The van der Waals surface area contributed by atoms with Crippen LogP contribution in [0.5, 0.6) is 0 Å². The third-order valence-corrected chi connectivity index (χ3v) is 6.76. The highest BCUT2D eigenvalue weighted by Gasteiger charge is 2.28. The zero-order chi connectivity index (χ0) is 17.9. The zero-order valence-corrected chi connectivity index (χ0v) is 15.9. The summed E-state index contributed by atoms with van der Waals surface area (Å²) in [5, 5.41) is 0.699. The minimum absolute atomic E-state index is 0.374. The van der Waals surface area contributed by atoms with Crippen LogP contribution in [0.25, 0.3) is 0 Å². The normalized spacial score (nSPS) is 16.2. The topological polar surface area (TPSA) is 40.6 Å². The summed E-state index contributed by atoms with van der Waals surface area (Å²) in [6.45, 7) is 4.31. The molecular weight excluding hydrogens is 356 g/mol. The van der Waals surface area contributed by atoms with Crippen LogP contribution in [0.15, 0.2) is 53.4 Å². The van der Waals surface area contributed by atoms with Crippen molar-refractivity contribution in [2.75, 3.05) is 31.1 Å². The summed E-state index contributed by atoms with van der Waals surface area (Å²) < 4.78 is 27.3. The molecule has 0 amide bonds. The van der Waals surface area contributed by atoms with Crippen molar-refractivity contribution in [2.24, 2.45) is 0 Å². The highest BCUT2D eigenvalue weighted by atomic mass is 35.5. The van der Waals surface area contributed by atoms with Gasteiger partial charge in [-0.3, -0.25) is 0 Å². The Hall–Kier alpha value is -1.56. The predicted octanol–water partition coefficient (Wildman–Crippen LogP) is 3.80. The molecule has 1 fully saturated rings. The van der Waals surface area contributed by atoms with Crippen molar-refractivity contribution in [1.29, 1.82) is 0 Å². The molecule has 134 valence electrons. The molecule has 6 heteroatoms. The molecule has 1 heterocycles. The van der Waals surface area contributed by atoms with E-state index in [0.717, 1.165) is 18.5 Å². The van der Waals surface area contributed by atoms with Gasteiger partial charge in [-0.1, -0.05) is 49.2 Å². The predicted molar refractivity (Wildman–Crippen MR) is 103 cm³/mol. The maximum Gasteiger partial charge on any atom is 0.243 e. The van der Waals surface area contributed by atoms with Crippen LogP contribution in [0.3, 0.4) is 0 Å². The van der Waals surface area contributed by atoms with E-state index in [1.54, 1.807) is 16.4 Å². The molecular formula is C19H23ClN2O2S. The third-order valence-electron chi connectivity index (χ3n) is 4.53. The molecule has 2 aromatic carbocycles. The van der Waals surface area contributed by atoms with Crippen LogP contribution in [0.4, 0.5) is 5.69 Å². The molecule has 3 rings (SSSR count). The van der Waals surface area contributed by atoms with E-state index >= 15 is 0 Å². The lowest BCUT2D eigenvalue weighted by atomic mass is 10.1. The maximum atomic E-state index is 12.8. The van der Waals surface area contributed by atoms with Crippen LogP contribution in [-0.2, 0) is 16.4 Å². The standard InChI is InChI=1S/C19H23ClN2O2S/c1-2-5-16-8-10-17(11-9-16)25(23,24)22-14-12-21(13-15-22)19-7-4-3-6-18(19)20/h3-4,6-11H,2,5,12-15H2,1H3. The third kappa shape index (κ3) is 4.00. The molecule has 0 unspecified atom stereocenters. The van der Waals surface area contributed by atoms with E-state index in [4.69, 9.17) is 11.6 Å². The van der Waals surface area contributed by atoms with Gasteiger partial charge in [0.2, 0.25) is 10.0 Å². The minimum atomic E-state index is -3.44. The number of benzene rings is 2. The summed E-state index contributed by atoms with van der Waals surface area (Å²) in [7, 11) is -3.44. The van der Waals surface area contributed by atoms with Crippen LogP contribution < -0.4 is 4.90 Å². The smallest absolute Gasteiger partial charge is 0.243 e. The van der Waals surface area contributed by atoms with Gasteiger partial charge in [-0.2, -0.15) is 4.31 Å². The first-order valence-electron chi connectivity index (χ1n) is 8.61. The van der Waals surface area contributed by atoms with Crippen LogP contribution in [0.2, 0.25) is 5.02 Å². The first-order chi connectivity index (χ1) is 12.0. The Kier molecular flexibility index (Phi) is 5.67. The van der Waals surface area contributed by atoms with Gasteiger partial charge in [0.05, 0.1) is 15.6 Å². The first kappa shape index (κ1) is 18.2. The molecule has 0 aliphatic carbocycles. The van der Waals surface area contributed by atoms with E-state index in [0.29, 0.717) is 36.1 Å². The Balaban J connectivity index is 1.70. The number of nitrogens with zero attached hydrogens (tertiary/aromatic N) is 2. The summed E-state index contributed by atoms with van der Waals surface area (Å²) in [4.78, 5) is 2.51. The number of halogens is 1. The zero-order valence-electron chi connectivity index (χ0n) is 14.4. The summed E-state index contributed by atoms with van der Waals surface area (Å²) in [5.41, 5.74) is 2.13. The van der Waals surface area contributed by atoms with Gasteiger partial charge >= 0.3 is 0 Å². The monoisotopic (exact) mass is 378 g/mol. The van der Waals surface area contributed by atoms with E-state index in [9.17, 15) is 8.42 Å². The fourth-order valence-electron chi connectivity index (χ4n) is 3.14. The van der Waals surface area contributed by atoms with Crippen molar-refractivity contribution < 1.29 is 8.42 Å². The number of anilines is 1. The second-order valence-corrected chi connectivity index (χ2v) is 8.58. The van der Waals surface area contributed by atoms with Gasteiger partial charge in [-0.25, -0.2) is 8.42 Å². The molecule has 0 spiro atoms. The Labute approximate surface area is 155 Å². The molecule has 2 aromatic rings. The van der Waals surface area contributed by atoms with E-state index in [1.807, 2.05) is 36.4 Å². The molecule has 0 aromatic heterocycles. The summed E-state index contributed by atoms with van der Waals surface area (Å²) in [6.07, 6.45) is 2.02. The van der Waals surface area contributed by atoms with E-state index in [1.165, 1.54) is 5.56 Å². The van der Waals surface area contributed by atoms with Gasteiger partial charge in [0.25, 0.3) is 0 Å². The SMILES string of the molecule is CCCc1ccc(S(=O)(=O)N2CCN(c3ccccc3Cl)CC2)cc1. The summed E-state index contributed by atoms with van der Waals surface area (Å²) in [6, 6.07) is 14.9. The van der Waals surface area contributed by atoms with Crippen molar-refractivity contribution in [1.82, 2.24) is 4.31 Å². The molecule has 0 atom stereocenters. The van der Waals surface area contributed by atoms with Crippen molar-refractivity contribution in [3.05, 3.63) is 59.1 Å². The van der Waals surface area contributed by atoms with Crippen molar-refractivity contribution in [3.63, 3.8) is 0 Å². The fraction of sp³-hybridized carbons (Fsp3) is 0.368. The molecule has 0 bridgehead atoms. The van der Waals surface area contributed by atoms with Crippen LogP contribution in [-0.4, -0.2) is 38.9 Å². The molecule has 0 radical (unpaired) electrons. The van der Waals surface area contributed by atoms with E-state index < -0.39 is 10.0 Å². The van der Waals surface area contributed by atoms with Crippen molar-refractivity contribution in [3.8, 4) is 0 Å². The van der Waals surface area contributed by atoms with Gasteiger partial charge in [-0.15, -0.1) is 0 Å². The van der Waals surface area contributed by atoms with Gasteiger partial charge < -0.3 is 4.90 Å². The lowest BCUT2D eigenvalue weighted by molar-refractivity contribution is 0.385. The Morgan fingerprint density at radius 3 is 2.20 bits per heavy atom. The number of hydrogen-bond acceptors (Lipinski definition) is 3. The molecule has 25 heavy (non-hydrogen) atoms. The highest BCUT2D eigenvalue weighted by molar-refractivity contribution is 7.89. The number of sulfonamides is 1. The molecule has 1 aliphatic rings. The molecule has 0 N–H and O–H groups in total. The molecule has 1 saturated heterocycles. The number of aryl methyl sites for hydroxylation is 1. The molecule has 4 nitrogen and oxygen atoms in total. The van der Waals surface area contributed by atoms with Crippen LogP contribution in [0, 0.1) is 0 Å². The second kappa shape index (κ2) is 7.77. The van der Waals surface area contributed by atoms with Gasteiger partial charge in [0.1, 0.15) is 0 Å². The number of para-hydroxylation sites is 1. The van der Waals surface area contributed by atoms with E-state index in [2.05, 4.69) is 11.8 Å². The summed E-state index contributed by atoms with van der Waals surface area (Å²) in [5.74, 6) is 0. The maximum absolute atomic E-state index is 12.8. The van der Waals surface area contributed by atoms with Gasteiger partial charge in [0.15, 0.2) is 0 Å². The van der Waals surface area contributed by atoms with Gasteiger partial charge in [0, 0.05) is 26.2 Å². The molecule has 1 aliphatic heterocycles. The number of rotatable bonds is 5. The number of piperazine rings is 1. The Bertz CT molecular complexity index is 814. The quantitative estimate of drug-likeness (QED) is 0.794. The van der Waals surface area contributed by atoms with E-state index in [-0.39, 0.29) is 0 Å². The molecule has 0 saturated carbocycles. The largest absolute Gasteiger partial charge is 0.368 e. The average molecular weight is 379 g/mol. The average Bonchev–Trinajstić information content (AvgIpc) is 2.63. The van der Waals surface area contributed by atoms with Crippen LogP contribution >= 0.6 is 11.6 Å². The van der Waals surface area contributed by atoms with Crippen molar-refractivity contribution in [2.45, 2.75) is 24.7 Å². The second-order valence-electron chi connectivity index (χ2n) is 6.24. The van der Waals surface area contributed by atoms with Crippen LogP contribution in [0.1, 0.15) is 18.9 Å². The fourth-order valence-corrected chi connectivity index (χ4v) is 4.82. The lowest BCUT2D eigenvalue weighted by Crippen LogP contribution is -2.48. The first-order valence-corrected chi connectivity index (χ1v) is 10.4. The van der Waals surface area contributed by atoms with Gasteiger partial charge in [-0.05, 0) is 36.2 Å². The Morgan fingerprint density at radius 2 is 1.60 bits per heavy atom. The summed E-state index contributed by atoms with van der Waals surface area (Å²) >= 11 is 6.25. The highest BCUT2D eigenvalue weighted by Crippen LogP contribution is 2.27. The number of hydrogen-bond donors (Lipinski definition) is 0.